The van der Waals surface area contributed by atoms with E-state index in [0.717, 1.165) is 44.9 Å². The van der Waals surface area contributed by atoms with E-state index in [2.05, 4.69) is 23.3 Å². The predicted octanol–water partition coefficient (Wildman–Crippen LogP) is 4.23. The first-order valence-electron chi connectivity index (χ1n) is 18.7. The van der Waals surface area contributed by atoms with Gasteiger partial charge in [0.15, 0.2) is 6.29 Å². The normalized spacial score (nSPS) is 23.5. The molecular formula is C35H67NO12S. The van der Waals surface area contributed by atoms with Crippen molar-refractivity contribution in [3.05, 3.63) is 12.2 Å². The standard InChI is InChI=1S/C35H67NO12S/c1-3-5-7-9-11-13-14-15-16-18-20-22-24-29(39)34(42)36-27(28(38)23-21-19-17-12-10-8-6-4-2)26-46-35-32(41)33(48-49(43,44)45)31(40)30(25-37)47-35/h21,23,27-33,35,37-41H,3-20,22,24-26H2,1-2H3,(H,36,42)(H,43,44,45)/b23-21+. The lowest BCUT2D eigenvalue weighted by molar-refractivity contribution is -0.298. The molecule has 1 saturated heterocycles. The Kier molecular flexibility index (Phi) is 25.7. The molecule has 49 heavy (non-hydrogen) atoms. The molecule has 7 N–H and O–H groups in total. The Morgan fingerprint density at radius 2 is 1.33 bits per heavy atom. The Balaban J connectivity index is 2.70. The molecule has 0 spiro atoms. The van der Waals surface area contributed by atoms with Gasteiger partial charge in [-0.05, 0) is 19.3 Å². The third kappa shape index (κ3) is 21.0. The van der Waals surface area contributed by atoms with Crippen LogP contribution in [0.4, 0.5) is 0 Å². The van der Waals surface area contributed by atoms with Crippen molar-refractivity contribution < 1.29 is 57.0 Å². The minimum Gasteiger partial charge on any atom is -0.394 e. The Bertz CT molecular complexity index is 968. The van der Waals surface area contributed by atoms with E-state index in [9.17, 15) is 38.7 Å². The third-order valence-corrected chi connectivity index (χ3v) is 9.39. The lowest BCUT2D eigenvalue weighted by Gasteiger charge is -2.41. The molecule has 1 heterocycles. The summed E-state index contributed by atoms with van der Waals surface area (Å²) in [6.45, 7) is 3.11. The predicted molar refractivity (Wildman–Crippen MR) is 187 cm³/mol. The molecule has 0 radical (unpaired) electrons. The molecule has 290 valence electrons. The van der Waals surface area contributed by atoms with Crippen molar-refractivity contribution in [1.82, 2.24) is 5.32 Å². The summed E-state index contributed by atoms with van der Waals surface area (Å²) in [4.78, 5) is 12.9. The number of nitrogens with one attached hydrogen (secondary N) is 1. The van der Waals surface area contributed by atoms with Crippen molar-refractivity contribution in [3.8, 4) is 0 Å². The molecule has 0 aromatic carbocycles. The summed E-state index contributed by atoms with van der Waals surface area (Å²) in [5, 5.41) is 54.6. The van der Waals surface area contributed by atoms with Gasteiger partial charge in [0.2, 0.25) is 5.91 Å². The van der Waals surface area contributed by atoms with Gasteiger partial charge in [0.05, 0.1) is 25.4 Å². The van der Waals surface area contributed by atoms with Crippen LogP contribution in [0.15, 0.2) is 12.2 Å². The van der Waals surface area contributed by atoms with Gasteiger partial charge in [0, 0.05) is 0 Å². The molecule has 0 bridgehead atoms. The Morgan fingerprint density at radius 3 is 1.84 bits per heavy atom. The molecule has 1 rings (SSSR count). The highest BCUT2D eigenvalue weighted by Gasteiger charge is 2.48. The number of hydrogen-bond donors (Lipinski definition) is 7. The van der Waals surface area contributed by atoms with Crippen molar-refractivity contribution in [2.45, 2.75) is 191 Å². The monoisotopic (exact) mass is 725 g/mol. The number of hydrogen-bond acceptors (Lipinski definition) is 11. The molecule has 13 nitrogen and oxygen atoms in total. The number of amides is 1. The van der Waals surface area contributed by atoms with Gasteiger partial charge in [-0.1, -0.05) is 135 Å². The van der Waals surface area contributed by atoms with E-state index in [1.54, 1.807) is 6.08 Å². The number of carbonyl (C=O) groups excluding carboxylic acids is 1. The van der Waals surface area contributed by atoms with E-state index in [1.807, 2.05) is 0 Å². The summed E-state index contributed by atoms with van der Waals surface area (Å²) in [5.41, 5.74) is 0. The maximum atomic E-state index is 12.9. The summed E-state index contributed by atoms with van der Waals surface area (Å²) in [7, 11) is -5.10. The van der Waals surface area contributed by atoms with Crippen LogP contribution in [0.5, 0.6) is 0 Å². The van der Waals surface area contributed by atoms with Gasteiger partial charge in [0.25, 0.3) is 0 Å². The zero-order valence-corrected chi connectivity index (χ0v) is 30.7. The van der Waals surface area contributed by atoms with Crippen LogP contribution in [0.3, 0.4) is 0 Å². The lowest BCUT2D eigenvalue weighted by atomic mass is 9.99. The maximum absolute atomic E-state index is 12.9. The molecule has 14 heteroatoms. The van der Waals surface area contributed by atoms with Crippen LogP contribution >= 0.6 is 0 Å². The van der Waals surface area contributed by atoms with E-state index in [4.69, 9.17) is 14.0 Å². The second kappa shape index (κ2) is 27.5. The van der Waals surface area contributed by atoms with Gasteiger partial charge in [-0.15, -0.1) is 0 Å². The van der Waals surface area contributed by atoms with Crippen LogP contribution in [0.1, 0.15) is 142 Å². The van der Waals surface area contributed by atoms with Crippen LogP contribution in [-0.2, 0) is 28.9 Å². The first-order chi connectivity index (χ1) is 23.4. The SMILES string of the molecule is CCCCCCCC/C=C/C(O)C(COC1OC(CO)C(O)C(OS(=O)(=O)O)C1O)NC(=O)C(O)CCCCCCCCCCCCCC. The van der Waals surface area contributed by atoms with Crippen LogP contribution < -0.4 is 5.32 Å². The first-order valence-corrected chi connectivity index (χ1v) is 20.0. The Morgan fingerprint density at radius 1 is 0.816 bits per heavy atom. The summed E-state index contributed by atoms with van der Waals surface area (Å²) in [6, 6.07) is -1.11. The Labute approximate surface area is 294 Å². The summed E-state index contributed by atoms with van der Waals surface area (Å²) >= 11 is 0. The zero-order chi connectivity index (χ0) is 36.5. The van der Waals surface area contributed by atoms with Gasteiger partial charge < -0.3 is 40.3 Å². The molecule has 8 atom stereocenters. The highest BCUT2D eigenvalue weighted by atomic mass is 32.3. The van der Waals surface area contributed by atoms with Crippen molar-refractivity contribution >= 4 is 16.3 Å². The van der Waals surface area contributed by atoms with Crippen LogP contribution in [-0.4, -0.2) is 107 Å². The number of allylic oxidation sites excluding steroid dienone is 1. The van der Waals surface area contributed by atoms with Crippen molar-refractivity contribution in [3.63, 3.8) is 0 Å². The quantitative estimate of drug-likeness (QED) is 0.0315. The van der Waals surface area contributed by atoms with Gasteiger partial charge in [0.1, 0.15) is 30.5 Å². The average molecular weight is 726 g/mol. The van der Waals surface area contributed by atoms with E-state index < -0.39 is 78.5 Å². The molecule has 1 fully saturated rings. The molecule has 0 aliphatic carbocycles. The van der Waals surface area contributed by atoms with Crippen LogP contribution in [0, 0.1) is 0 Å². The van der Waals surface area contributed by atoms with E-state index >= 15 is 0 Å². The van der Waals surface area contributed by atoms with E-state index in [0.29, 0.717) is 12.8 Å². The second-order valence-corrected chi connectivity index (χ2v) is 14.4. The molecule has 8 unspecified atom stereocenters. The van der Waals surface area contributed by atoms with E-state index in [1.165, 1.54) is 70.3 Å². The van der Waals surface area contributed by atoms with Gasteiger partial charge in [-0.3, -0.25) is 9.35 Å². The minimum absolute atomic E-state index is 0.246. The topological polar surface area (TPSA) is 212 Å². The number of ether oxygens (including phenoxy) is 2. The minimum atomic E-state index is -5.10. The highest BCUT2D eigenvalue weighted by molar-refractivity contribution is 7.80. The molecule has 0 aromatic rings. The molecule has 0 aromatic heterocycles. The lowest BCUT2D eigenvalue weighted by Crippen LogP contribution is -2.61. The number of rotatable bonds is 30. The van der Waals surface area contributed by atoms with E-state index in [-0.39, 0.29) is 6.42 Å². The number of aliphatic hydroxyl groups is 5. The summed E-state index contributed by atoms with van der Waals surface area (Å²) in [5.74, 6) is -0.707. The van der Waals surface area contributed by atoms with Crippen molar-refractivity contribution in [1.29, 1.82) is 0 Å². The second-order valence-electron chi connectivity index (χ2n) is 13.3. The third-order valence-electron chi connectivity index (χ3n) is 8.93. The maximum Gasteiger partial charge on any atom is 0.397 e. The molecule has 1 amide bonds. The zero-order valence-electron chi connectivity index (χ0n) is 29.9. The Hall–Kier alpha value is -1.20. The average Bonchev–Trinajstić information content (AvgIpc) is 3.06. The van der Waals surface area contributed by atoms with Gasteiger partial charge in [-0.2, -0.15) is 8.42 Å². The smallest absolute Gasteiger partial charge is 0.394 e. The van der Waals surface area contributed by atoms with Crippen molar-refractivity contribution in [2.75, 3.05) is 13.2 Å². The van der Waals surface area contributed by atoms with Crippen LogP contribution in [0.2, 0.25) is 0 Å². The fourth-order valence-electron chi connectivity index (χ4n) is 5.87. The summed E-state index contributed by atoms with van der Waals surface area (Å²) in [6.07, 6.45) is 13.4. The van der Waals surface area contributed by atoms with Gasteiger partial charge in [-0.25, -0.2) is 4.18 Å². The summed E-state index contributed by atoms with van der Waals surface area (Å²) < 4.78 is 47.1. The van der Waals surface area contributed by atoms with Crippen molar-refractivity contribution in [2.24, 2.45) is 0 Å². The fourth-order valence-corrected chi connectivity index (χ4v) is 6.38. The molecule has 1 aliphatic rings. The first kappa shape index (κ1) is 45.8. The number of aliphatic hydroxyl groups excluding tert-OH is 5. The highest BCUT2D eigenvalue weighted by Crippen LogP contribution is 2.26. The fraction of sp³-hybridized carbons (Fsp3) is 0.914. The molecule has 0 saturated carbocycles. The molecule has 1 aliphatic heterocycles. The number of unbranched alkanes of at least 4 members (excludes halogenated alkanes) is 17. The largest absolute Gasteiger partial charge is 0.397 e. The van der Waals surface area contributed by atoms with Crippen LogP contribution in [0.25, 0.3) is 0 Å². The van der Waals surface area contributed by atoms with Gasteiger partial charge >= 0.3 is 10.4 Å². The number of carbonyl (C=O) groups is 1. The molecular weight excluding hydrogens is 658 g/mol.